The predicted octanol–water partition coefficient (Wildman–Crippen LogP) is 2.48. The molecule has 1 atom stereocenters. The second-order valence-corrected chi connectivity index (χ2v) is 4.37. The van der Waals surface area contributed by atoms with Crippen molar-refractivity contribution in [2.75, 3.05) is 6.61 Å². The summed E-state index contributed by atoms with van der Waals surface area (Å²) >= 11 is 0. The van der Waals surface area contributed by atoms with Gasteiger partial charge in [0.2, 0.25) is 5.60 Å². The first-order valence-electron chi connectivity index (χ1n) is 5.64. The van der Waals surface area contributed by atoms with Gasteiger partial charge in [0, 0.05) is 12.0 Å². The molecule has 108 valence electrons. The van der Waals surface area contributed by atoms with E-state index in [9.17, 15) is 27.5 Å². The van der Waals surface area contributed by atoms with E-state index in [0.717, 1.165) is 6.07 Å². The van der Waals surface area contributed by atoms with Gasteiger partial charge in [-0.15, -0.1) is 0 Å². The van der Waals surface area contributed by atoms with Crippen molar-refractivity contribution in [1.29, 1.82) is 0 Å². The maximum Gasteiger partial charge on any atom is 0.424 e. The number of para-hydroxylation sites is 1. The first-order chi connectivity index (χ1) is 9.28. The SMILES string of the molecule is O=CC(O)(CC1=CCOc2c(F)cccc21)C(F)(F)F. The van der Waals surface area contributed by atoms with Crippen LogP contribution in [0.25, 0.3) is 5.57 Å². The Balaban J connectivity index is 2.39. The van der Waals surface area contributed by atoms with Crippen molar-refractivity contribution < 1.29 is 32.2 Å². The number of carbonyl (C=O) groups is 1. The topological polar surface area (TPSA) is 46.5 Å². The van der Waals surface area contributed by atoms with Crippen molar-refractivity contribution in [2.24, 2.45) is 0 Å². The van der Waals surface area contributed by atoms with Crippen LogP contribution in [0.4, 0.5) is 17.6 Å². The minimum atomic E-state index is -5.11. The van der Waals surface area contributed by atoms with Crippen molar-refractivity contribution in [2.45, 2.75) is 18.2 Å². The molecule has 0 saturated heterocycles. The van der Waals surface area contributed by atoms with Crippen LogP contribution in [0, 0.1) is 5.82 Å². The number of halogens is 4. The van der Waals surface area contributed by atoms with E-state index in [1.807, 2.05) is 0 Å². The van der Waals surface area contributed by atoms with E-state index in [2.05, 4.69) is 0 Å². The Labute approximate surface area is 111 Å². The summed E-state index contributed by atoms with van der Waals surface area (Å²) in [6, 6.07) is 3.78. The molecular formula is C13H10F4O3. The fourth-order valence-electron chi connectivity index (χ4n) is 1.91. The highest BCUT2D eigenvalue weighted by atomic mass is 19.4. The fraction of sp³-hybridized carbons (Fsp3) is 0.308. The van der Waals surface area contributed by atoms with Gasteiger partial charge in [-0.1, -0.05) is 12.1 Å². The minimum absolute atomic E-state index is 0.0117. The second kappa shape index (κ2) is 4.90. The van der Waals surface area contributed by atoms with Gasteiger partial charge >= 0.3 is 6.18 Å². The molecule has 0 amide bonds. The molecule has 1 heterocycles. The van der Waals surface area contributed by atoms with Crippen LogP contribution in [-0.4, -0.2) is 29.8 Å². The molecule has 0 spiro atoms. The van der Waals surface area contributed by atoms with Gasteiger partial charge in [0.05, 0.1) is 0 Å². The summed E-state index contributed by atoms with van der Waals surface area (Å²) < 4.78 is 56.6. The lowest BCUT2D eigenvalue weighted by atomic mass is 9.89. The van der Waals surface area contributed by atoms with Gasteiger partial charge < -0.3 is 9.84 Å². The van der Waals surface area contributed by atoms with Crippen LogP contribution in [0.15, 0.2) is 24.3 Å². The molecule has 20 heavy (non-hydrogen) atoms. The van der Waals surface area contributed by atoms with Gasteiger partial charge in [0.1, 0.15) is 6.61 Å². The summed E-state index contributed by atoms with van der Waals surface area (Å²) in [5.41, 5.74) is -3.39. The quantitative estimate of drug-likeness (QED) is 0.687. The number of ether oxygens (including phenoxy) is 1. The summed E-state index contributed by atoms with van der Waals surface area (Å²) in [7, 11) is 0. The van der Waals surface area contributed by atoms with Crippen LogP contribution in [0.2, 0.25) is 0 Å². The summed E-state index contributed by atoms with van der Waals surface area (Å²) in [4.78, 5) is 10.6. The van der Waals surface area contributed by atoms with Crippen LogP contribution in [0.1, 0.15) is 12.0 Å². The molecule has 2 rings (SSSR count). The molecule has 3 nitrogen and oxygen atoms in total. The van der Waals surface area contributed by atoms with E-state index in [0.29, 0.717) is 0 Å². The number of benzene rings is 1. The van der Waals surface area contributed by atoms with E-state index in [1.54, 1.807) is 0 Å². The first kappa shape index (κ1) is 14.5. The number of carbonyl (C=O) groups excluding carboxylic acids is 1. The maximum absolute atomic E-state index is 13.5. The minimum Gasteiger partial charge on any atom is -0.486 e. The first-order valence-corrected chi connectivity index (χ1v) is 5.64. The van der Waals surface area contributed by atoms with Crippen molar-refractivity contribution in [1.82, 2.24) is 0 Å². The molecule has 0 aliphatic carbocycles. The monoisotopic (exact) mass is 290 g/mol. The van der Waals surface area contributed by atoms with Crippen LogP contribution >= 0.6 is 0 Å². The van der Waals surface area contributed by atoms with Gasteiger partial charge in [0.25, 0.3) is 0 Å². The molecule has 1 aromatic carbocycles. The number of aldehydes is 1. The third-order valence-corrected chi connectivity index (χ3v) is 3.02. The molecule has 1 N–H and O–H groups in total. The molecule has 0 saturated carbocycles. The van der Waals surface area contributed by atoms with Crippen molar-refractivity contribution >= 4 is 11.9 Å². The van der Waals surface area contributed by atoms with Gasteiger partial charge in [-0.3, -0.25) is 4.79 Å². The van der Waals surface area contributed by atoms with Crippen molar-refractivity contribution in [3.8, 4) is 5.75 Å². The van der Waals surface area contributed by atoms with Gasteiger partial charge in [0.15, 0.2) is 17.9 Å². The number of fused-ring (bicyclic) bond motifs is 1. The standard InChI is InChI=1S/C13H10F4O3/c14-10-3-1-2-9-8(4-5-20-11(9)10)6-12(19,7-18)13(15,16)17/h1-4,7,19H,5-6H2. The number of hydrogen-bond donors (Lipinski definition) is 1. The third kappa shape index (κ3) is 2.40. The lowest BCUT2D eigenvalue weighted by Crippen LogP contribution is -2.47. The van der Waals surface area contributed by atoms with Gasteiger partial charge in [-0.2, -0.15) is 13.2 Å². The molecule has 7 heteroatoms. The summed E-state index contributed by atoms with van der Waals surface area (Å²) in [5.74, 6) is -0.893. The van der Waals surface area contributed by atoms with E-state index in [1.165, 1.54) is 18.2 Å². The van der Waals surface area contributed by atoms with Crippen LogP contribution < -0.4 is 4.74 Å². The van der Waals surface area contributed by atoms with Crippen LogP contribution in [-0.2, 0) is 4.79 Å². The summed E-state index contributed by atoms with van der Waals surface area (Å²) in [6.07, 6.45) is -5.37. The molecule has 0 aromatic heterocycles. The average molecular weight is 290 g/mol. The lowest BCUT2D eigenvalue weighted by Gasteiger charge is -2.28. The Morgan fingerprint density at radius 2 is 2.05 bits per heavy atom. The Morgan fingerprint density at radius 1 is 1.35 bits per heavy atom. The normalized spacial score (nSPS) is 17.6. The van der Waals surface area contributed by atoms with E-state index >= 15 is 0 Å². The smallest absolute Gasteiger partial charge is 0.424 e. The van der Waals surface area contributed by atoms with Gasteiger partial charge in [-0.05, 0) is 17.7 Å². The Morgan fingerprint density at radius 3 is 2.65 bits per heavy atom. The molecule has 1 unspecified atom stereocenters. The molecule has 1 aliphatic heterocycles. The number of aliphatic hydroxyl groups is 1. The Kier molecular flexibility index (Phi) is 3.56. The van der Waals surface area contributed by atoms with Crippen LogP contribution in [0.3, 0.4) is 0 Å². The molecular weight excluding hydrogens is 280 g/mol. The Hall–Kier alpha value is -1.89. The molecule has 0 bridgehead atoms. The highest BCUT2D eigenvalue weighted by Gasteiger charge is 2.54. The molecule has 1 aliphatic rings. The van der Waals surface area contributed by atoms with E-state index < -0.39 is 30.3 Å². The fourth-order valence-corrected chi connectivity index (χ4v) is 1.91. The third-order valence-electron chi connectivity index (χ3n) is 3.02. The number of hydrogen-bond acceptors (Lipinski definition) is 3. The lowest BCUT2D eigenvalue weighted by molar-refractivity contribution is -0.242. The molecule has 0 fully saturated rings. The average Bonchev–Trinajstić information content (AvgIpc) is 2.38. The van der Waals surface area contributed by atoms with E-state index in [-0.39, 0.29) is 23.5 Å². The zero-order valence-corrected chi connectivity index (χ0v) is 10.1. The highest BCUT2D eigenvalue weighted by Crippen LogP contribution is 2.40. The predicted molar refractivity (Wildman–Crippen MR) is 61.6 cm³/mol. The van der Waals surface area contributed by atoms with Crippen molar-refractivity contribution in [3.63, 3.8) is 0 Å². The Bertz CT molecular complexity index is 565. The summed E-state index contributed by atoms with van der Waals surface area (Å²) in [6.45, 7) is -0.129. The number of alkyl halides is 3. The van der Waals surface area contributed by atoms with E-state index in [4.69, 9.17) is 4.74 Å². The molecule has 0 radical (unpaired) electrons. The maximum atomic E-state index is 13.5. The van der Waals surface area contributed by atoms with Crippen molar-refractivity contribution in [3.05, 3.63) is 35.7 Å². The second-order valence-electron chi connectivity index (χ2n) is 4.37. The zero-order valence-electron chi connectivity index (χ0n) is 10.1. The summed E-state index contributed by atoms with van der Waals surface area (Å²) in [5, 5.41) is 9.44. The van der Waals surface area contributed by atoms with Crippen LogP contribution in [0.5, 0.6) is 5.75 Å². The number of rotatable bonds is 3. The zero-order chi connectivity index (χ0) is 15.0. The largest absolute Gasteiger partial charge is 0.486 e. The molecule has 1 aromatic rings. The highest BCUT2D eigenvalue weighted by molar-refractivity contribution is 5.77. The van der Waals surface area contributed by atoms with Gasteiger partial charge in [-0.25, -0.2) is 4.39 Å².